The number of rotatable bonds is 13. The van der Waals surface area contributed by atoms with Crippen LogP contribution >= 0.6 is 0 Å². The molecule has 0 aliphatic carbocycles. The molecule has 1 N–H and O–H groups in total. The Kier molecular flexibility index (Phi) is 9.82. The van der Waals surface area contributed by atoms with Gasteiger partial charge in [-0.05, 0) is 16.7 Å². The fourth-order valence-electron chi connectivity index (χ4n) is 4.41. The summed E-state index contributed by atoms with van der Waals surface area (Å²) in [6.45, 7) is 1.95. The van der Waals surface area contributed by atoms with Crippen LogP contribution < -0.4 is 0 Å². The Hall–Kier alpha value is -3.07. The summed E-state index contributed by atoms with van der Waals surface area (Å²) >= 11 is 0. The van der Waals surface area contributed by atoms with E-state index in [0.717, 1.165) is 16.7 Å². The summed E-state index contributed by atoms with van der Waals surface area (Å²) in [6.07, 6.45) is -1.86. The van der Waals surface area contributed by atoms with Gasteiger partial charge in [-0.15, -0.1) is 0 Å². The maximum atomic E-state index is 11.7. The Morgan fingerprint density at radius 1 is 0.811 bits per heavy atom. The van der Waals surface area contributed by atoms with Gasteiger partial charge in [0.05, 0.1) is 33.0 Å². The molecule has 0 saturated carbocycles. The Balaban J connectivity index is 1.56. The van der Waals surface area contributed by atoms with Crippen LogP contribution in [0.1, 0.15) is 23.6 Å². The van der Waals surface area contributed by atoms with Crippen molar-refractivity contribution in [3.63, 3.8) is 0 Å². The van der Waals surface area contributed by atoms with Crippen molar-refractivity contribution in [1.82, 2.24) is 0 Å². The van der Waals surface area contributed by atoms with Crippen LogP contribution in [0.3, 0.4) is 0 Å². The molecule has 0 aromatic heterocycles. The molecule has 0 radical (unpaired) electrons. The lowest BCUT2D eigenvalue weighted by atomic mass is 9.95. The van der Waals surface area contributed by atoms with E-state index in [0.29, 0.717) is 13.2 Å². The van der Waals surface area contributed by atoms with Crippen LogP contribution in [0.5, 0.6) is 0 Å². The van der Waals surface area contributed by atoms with Gasteiger partial charge in [-0.25, -0.2) is 0 Å². The molecule has 0 unspecified atom stereocenters. The lowest BCUT2D eigenvalue weighted by Crippen LogP contribution is -2.52. The minimum Gasteiger partial charge on any atom is -0.463 e. The molecule has 1 saturated heterocycles. The summed E-state index contributed by atoms with van der Waals surface area (Å²) in [7, 11) is 0. The van der Waals surface area contributed by atoms with Crippen LogP contribution in [0.25, 0.3) is 0 Å². The predicted octanol–water partition coefficient (Wildman–Crippen LogP) is 4.07. The van der Waals surface area contributed by atoms with Crippen LogP contribution in [-0.4, -0.2) is 54.8 Å². The molecule has 37 heavy (non-hydrogen) atoms. The highest BCUT2D eigenvalue weighted by atomic mass is 16.6. The molecule has 0 amide bonds. The highest BCUT2D eigenvalue weighted by Gasteiger charge is 2.57. The summed E-state index contributed by atoms with van der Waals surface area (Å²) < 4.78 is 30.5. The van der Waals surface area contributed by atoms with Crippen molar-refractivity contribution in [2.75, 3.05) is 19.8 Å². The third-order valence-electron chi connectivity index (χ3n) is 6.31. The van der Waals surface area contributed by atoms with E-state index in [2.05, 4.69) is 0 Å². The minimum atomic E-state index is -1.30. The van der Waals surface area contributed by atoms with Gasteiger partial charge in [0.1, 0.15) is 24.9 Å². The van der Waals surface area contributed by atoms with Gasteiger partial charge in [-0.2, -0.15) is 0 Å². The van der Waals surface area contributed by atoms with Gasteiger partial charge >= 0.3 is 5.97 Å². The normalized spacial score (nSPS) is 23.1. The standard InChI is InChI=1S/C30H34O7/c1-23(32)36-22-30(21-31)29(35-19-26-15-9-4-10-16-26)28(34-18-25-13-7-3-8-14-25)27(37-30)20-33-17-24-11-5-2-6-12-24/h2-16,27-29,31H,17-22H2,1H3/t27-,28-,29+,30+/m1/s1. The monoisotopic (exact) mass is 506 g/mol. The van der Waals surface area contributed by atoms with Gasteiger partial charge in [0.25, 0.3) is 0 Å². The zero-order valence-corrected chi connectivity index (χ0v) is 21.0. The highest BCUT2D eigenvalue weighted by Crippen LogP contribution is 2.37. The van der Waals surface area contributed by atoms with Gasteiger partial charge < -0.3 is 28.8 Å². The van der Waals surface area contributed by atoms with E-state index in [1.54, 1.807) is 0 Å². The van der Waals surface area contributed by atoms with E-state index in [4.69, 9.17) is 23.7 Å². The number of esters is 1. The zero-order valence-electron chi connectivity index (χ0n) is 21.0. The van der Waals surface area contributed by atoms with Gasteiger partial charge in [-0.3, -0.25) is 4.79 Å². The molecule has 4 atom stereocenters. The number of ether oxygens (including phenoxy) is 5. The summed E-state index contributed by atoms with van der Waals surface area (Å²) in [6, 6.07) is 29.4. The maximum absolute atomic E-state index is 11.7. The SMILES string of the molecule is CC(=O)OC[C@]1(CO)O[C@H](COCc2ccccc2)[C@@H](OCc2ccccc2)[C@@H]1OCc1ccccc1. The fraction of sp³-hybridized carbons (Fsp3) is 0.367. The van der Waals surface area contributed by atoms with E-state index >= 15 is 0 Å². The Bertz CT molecular complexity index is 1080. The van der Waals surface area contributed by atoms with Crippen molar-refractivity contribution < 1.29 is 33.6 Å². The number of hydrogen-bond acceptors (Lipinski definition) is 7. The van der Waals surface area contributed by atoms with Gasteiger partial charge in [0, 0.05) is 6.92 Å². The molecule has 1 fully saturated rings. The van der Waals surface area contributed by atoms with Crippen molar-refractivity contribution >= 4 is 5.97 Å². The van der Waals surface area contributed by atoms with Crippen molar-refractivity contribution in [1.29, 1.82) is 0 Å². The molecule has 196 valence electrons. The third kappa shape index (κ3) is 7.47. The van der Waals surface area contributed by atoms with E-state index in [1.165, 1.54) is 6.92 Å². The first-order chi connectivity index (χ1) is 18.1. The van der Waals surface area contributed by atoms with E-state index < -0.39 is 36.5 Å². The molecular weight excluding hydrogens is 472 g/mol. The van der Waals surface area contributed by atoms with E-state index in [-0.39, 0.29) is 19.8 Å². The first-order valence-corrected chi connectivity index (χ1v) is 12.4. The second-order valence-corrected chi connectivity index (χ2v) is 9.14. The van der Waals surface area contributed by atoms with Crippen molar-refractivity contribution in [2.45, 2.75) is 50.7 Å². The molecule has 7 heteroatoms. The van der Waals surface area contributed by atoms with Crippen LogP contribution in [0.2, 0.25) is 0 Å². The van der Waals surface area contributed by atoms with E-state index in [9.17, 15) is 9.90 Å². The molecule has 1 aliphatic rings. The Morgan fingerprint density at radius 2 is 1.32 bits per heavy atom. The van der Waals surface area contributed by atoms with Crippen LogP contribution in [-0.2, 0) is 48.3 Å². The van der Waals surface area contributed by atoms with Crippen LogP contribution in [0.4, 0.5) is 0 Å². The lowest BCUT2D eigenvalue weighted by Gasteiger charge is -2.33. The van der Waals surface area contributed by atoms with Crippen molar-refractivity contribution in [2.24, 2.45) is 0 Å². The molecule has 1 heterocycles. The zero-order chi connectivity index (χ0) is 25.9. The van der Waals surface area contributed by atoms with E-state index in [1.807, 2.05) is 91.0 Å². The number of carbonyl (C=O) groups excluding carboxylic acids is 1. The lowest BCUT2D eigenvalue weighted by molar-refractivity contribution is -0.179. The number of aliphatic hydroxyl groups is 1. The number of benzene rings is 3. The van der Waals surface area contributed by atoms with Crippen LogP contribution in [0.15, 0.2) is 91.0 Å². The number of carbonyl (C=O) groups is 1. The molecule has 1 aliphatic heterocycles. The summed E-state index contributed by atoms with van der Waals surface area (Å²) in [5.41, 5.74) is 1.69. The average molecular weight is 507 g/mol. The fourth-order valence-corrected chi connectivity index (χ4v) is 4.41. The highest BCUT2D eigenvalue weighted by molar-refractivity contribution is 5.66. The number of hydrogen-bond donors (Lipinski definition) is 1. The Labute approximate surface area is 217 Å². The largest absolute Gasteiger partial charge is 0.463 e. The topological polar surface area (TPSA) is 83.5 Å². The molecule has 0 spiro atoms. The Morgan fingerprint density at radius 3 is 1.84 bits per heavy atom. The summed E-state index contributed by atoms with van der Waals surface area (Å²) in [5, 5.41) is 10.5. The van der Waals surface area contributed by atoms with Crippen LogP contribution in [0, 0.1) is 0 Å². The summed E-state index contributed by atoms with van der Waals surface area (Å²) in [4.78, 5) is 11.7. The van der Waals surface area contributed by atoms with Gasteiger partial charge in [0.2, 0.25) is 0 Å². The van der Waals surface area contributed by atoms with Crippen molar-refractivity contribution in [3.8, 4) is 0 Å². The first-order valence-electron chi connectivity index (χ1n) is 12.4. The third-order valence-corrected chi connectivity index (χ3v) is 6.31. The molecular formula is C30H34O7. The van der Waals surface area contributed by atoms with Gasteiger partial charge in [0.15, 0.2) is 5.60 Å². The molecule has 0 bridgehead atoms. The molecule has 3 aromatic carbocycles. The quantitative estimate of drug-likeness (QED) is 0.350. The first kappa shape index (κ1) is 27.0. The van der Waals surface area contributed by atoms with Gasteiger partial charge in [-0.1, -0.05) is 91.0 Å². The smallest absolute Gasteiger partial charge is 0.302 e. The minimum absolute atomic E-state index is 0.168. The summed E-state index contributed by atoms with van der Waals surface area (Å²) in [5.74, 6) is -0.469. The maximum Gasteiger partial charge on any atom is 0.302 e. The molecule has 3 aromatic rings. The second kappa shape index (κ2) is 13.5. The molecule has 7 nitrogen and oxygen atoms in total. The number of aliphatic hydroxyl groups excluding tert-OH is 1. The second-order valence-electron chi connectivity index (χ2n) is 9.14. The molecule has 4 rings (SSSR count). The average Bonchev–Trinajstić information content (AvgIpc) is 3.23. The van der Waals surface area contributed by atoms with Crippen molar-refractivity contribution in [3.05, 3.63) is 108 Å². The predicted molar refractivity (Wildman–Crippen MR) is 137 cm³/mol.